The van der Waals surface area contributed by atoms with E-state index in [4.69, 9.17) is 15.3 Å². The lowest BCUT2D eigenvalue weighted by atomic mass is 10.2. The second kappa shape index (κ2) is 7.00. The lowest BCUT2D eigenvalue weighted by Crippen LogP contribution is -2.36. The molecule has 2 rings (SSSR count). The van der Waals surface area contributed by atoms with Crippen molar-refractivity contribution in [2.45, 2.75) is 32.7 Å². The summed E-state index contributed by atoms with van der Waals surface area (Å²) in [6, 6.07) is 6.06. The van der Waals surface area contributed by atoms with E-state index in [0.29, 0.717) is 31.0 Å². The molecule has 110 valence electrons. The molecule has 0 atom stereocenters. The first-order valence-electron chi connectivity index (χ1n) is 6.97. The molecule has 0 spiro atoms. The number of nitrogens with two attached hydrogens (primary N) is 1. The van der Waals surface area contributed by atoms with Gasteiger partial charge in [0.05, 0.1) is 19.3 Å². The van der Waals surface area contributed by atoms with Crippen LogP contribution in [0.15, 0.2) is 23.2 Å². The van der Waals surface area contributed by atoms with Gasteiger partial charge >= 0.3 is 0 Å². The average molecular weight is 278 g/mol. The average Bonchev–Trinajstić information content (AvgIpc) is 3.25. The van der Waals surface area contributed by atoms with E-state index in [0.717, 1.165) is 24.3 Å². The van der Waals surface area contributed by atoms with E-state index < -0.39 is 0 Å². The van der Waals surface area contributed by atoms with Gasteiger partial charge in [-0.15, -0.1) is 0 Å². The van der Waals surface area contributed by atoms with Crippen molar-refractivity contribution in [1.82, 2.24) is 5.43 Å². The van der Waals surface area contributed by atoms with Crippen molar-refractivity contribution < 1.29 is 9.47 Å². The smallest absolute Gasteiger partial charge is 0.210 e. The molecular formula is C14H22N4O2. The van der Waals surface area contributed by atoms with Crippen molar-refractivity contribution >= 4 is 11.6 Å². The van der Waals surface area contributed by atoms with Crippen LogP contribution < -0.4 is 26.1 Å². The molecule has 6 nitrogen and oxygen atoms in total. The lowest BCUT2D eigenvalue weighted by molar-refractivity contribution is 0.288. The Balaban J connectivity index is 2.12. The van der Waals surface area contributed by atoms with E-state index in [1.54, 1.807) is 0 Å². The Morgan fingerprint density at radius 2 is 1.95 bits per heavy atom. The monoisotopic (exact) mass is 278 g/mol. The number of hydrogen-bond acceptors (Lipinski definition) is 4. The number of benzene rings is 1. The number of guanidine groups is 1. The fourth-order valence-corrected chi connectivity index (χ4v) is 1.76. The summed E-state index contributed by atoms with van der Waals surface area (Å²) >= 11 is 0. The molecule has 1 fully saturated rings. The van der Waals surface area contributed by atoms with E-state index in [9.17, 15) is 0 Å². The summed E-state index contributed by atoms with van der Waals surface area (Å²) in [5, 5.41) is 3.15. The van der Waals surface area contributed by atoms with Crippen LogP contribution in [0, 0.1) is 0 Å². The number of nitrogens with zero attached hydrogens (tertiary/aromatic N) is 1. The summed E-state index contributed by atoms with van der Waals surface area (Å²) in [7, 11) is 0. The lowest BCUT2D eigenvalue weighted by Gasteiger charge is -2.14. The molecule has 1 saturated carbocycles. The van der Waals surface area contributed by atoms with Gasteiger partial charge in [0.1, 0.15) is 0 Å². The van der Waals surface area contributed by atoms with Gasteiger partial charge < -0.3 is 14.8 Å². The molecule has 0 unspecified atom stereocenters. The number of anilines is 1. The van der Waals surface area contributed by atoms with Crippen LogP contribution in [0.5, 0.6) is 11.5 Å². The van der Waals surface area contributed by atoms with Crippen molar-refractivity contribution in [2.75, 3.05) is 18.5 Å². The van der Waals surface area contributed by atoms with Gasteiger partial charge in [-0.05, 0) is 38.8 Å². The fraction of sp³-hybridized carbons (Fsp3) is 0.500. The minimum atomic E-state index is 0.391. The highest BCUT2D eigenvalue weighted by Crippen LogP contribution is 2.30. The highest BCUT2D eigenvalue weighted by Gasteiger charge is 2.21. The molecule has 0 heterocycles. The topological polar surface area (TPSA) is 80.9 Å². The zero-order chi connectivity index (χ0) is 14.4. The van der Waals surface area contributed by atoms with Crippen LogP contribution in [0.4, 0.5) is 5.69 Å². The third kappa shape index (κ3) is 4.03. The first-order chi connectivity index (χ1) is 9.76. The number of aliphatic imine (C=N–C) groups is 1. The van der Waals surface area contributed by atoms with Crippen LogP contribution in [0.25, 0.3) is 0 Å². The van der Waals surface area contributed by atoms with E-state index in [-0.39, 0.29) is 0 Å². The Labute approximate surface area is 119 Å². The first kappa shape index (κ1) is 14.5. The molecule has 0 bridgehead atoms. The largest absolute Gasteiger partial charge is 0.490 e. The van der Waals surface area contributed by atoms with E-state index in [1.807, 2.05) is 32.0 Å². The van der Waals surface area contributed by atoms with Crippen molar-refractivity contribution in [3.05, 3.63) is 18.2 Å². The van der Waals surface area contributed by atoms with Crippen LogP contribution in [0.3, 0.4) is 0 Å². The maximum absolute atomic E-state index is 5.58. The molecule has 0 radical (unpaired) electrons. The Morgan fingerprint density at radius 3 is 2.55 bits per heavy atom. The normalized spacial score (nSPS) is 14.8. The molecule has 20 heavy (non-hydrogen) atoms. The Morgan fingerprint density at radius 1 is 1.25 bits per heavy atom. The third-order valence-corrected chi connectivity index (χ3v) is 2.80. The predicted molar refractivity (Wildman–Crippen MR) is 80.2 cm³/mol. The standard InChI is InChI=1S/C14H22N4O2/c1-3-19-12-8-7-11(9-13(12)20-4-2)17-14(18-15)16-10-5-6-10/h7-10H,3-6,15H2,1-2H3,(H2,16,17,18). The zero-order valence-electron chi connectivity index (χ0n) is 12.0. The molecule has 1 aromatic carbocycles. The molecule has 6 heteroatoms. The van der Waals surface area contributed by atoms with Crippen LogP contribution in [0.2, 0.25) is 0 Å². The van der Waals surface area contributed by atoms with Crippen LogP contribution in [-0.4, -0.2) is 25.2 Å². The summed E-state index contributed by atoms with van der Waals surface area (Å²) in [5.41, 5.74) is 3.44. The van der Waals surface area contributed by atoms with Gasteiger partial charge in [0.2, 0.25) is 5.96 Å². The van der Waals surface area contributed by atoms with E-state index in [2.05, 4.69) is 15.7 Å². The van der Waals surface area contributed by atoms with Gasteiger partial charge in [-0.2, -0.15) is 0 Å². The molecule has 0 aliphatic heterocycles. The molecule has 0 saturated heterocycles. The van der Waals surface area contributed by atoms with Gasteiger partial charge in [0.25, 0.3) is 0 Å². The van der Waals surface area contributed by atoms with Gasteiger partial charge in [-0.3, -0.25) is 5.43 Å². The summed E-state index contributed by atoms with van der Waals surface area (Å²) < 4.78 is 11.1. The number of ether oxygens (including phenoxy) is 2. The van der Waals surface area contributed by atoms with Crippen LogP contribution in [0.1, 0.15) is 26.7 Å². The van der Waals surface area contributed by atoms with Crippen molar-refractivity contribution in [1.29, 1.82) is 0 Å². The predicted octanol–water partition coefficient (Wildman–Crippen LogP) is 1.88. The quantitative estimate of drug-likeness (QED) is 0.320. The van der Waals surface area contributed by atoms with Crippen molar-refractivity contribution in [3.63, 3.8) is 0 Å². The van der Waals surface area contributed by atoms with Gasteiger partial charge in [0, 0.05) is 11.8 Å². The number of hydrogen-bond donors (Lipinski definition) is 3. The summed E-state index contributed by atoms with van der Waals surface area (Å²) in [6.45, 7) is 5.07. The number of rotatable bonds is 6. The van der Waals surface area contributed by atoms with Gasteiger partial charge in [-0.1, -0.05) is 0 Å². The van der Waals surface area contributed by atoms with E-state index in [1.165, 1.54) is 0 Å². The Kier molecular flexibility index (Phi) is 5.06. The molecule has 1 aliphatic carbocycles. The van der Waals surface area contributed by atoms with Crippen LogP contribution in [-0.2, 0) is 0 Å². The molecule has 1 aliphatic rings. The highest BCUT2D eigenvalue weighted by molar-refractivity contribution is 5.93. The van der Waals surface area contributed by atoms with Crippen molar-refractivity contribution in [3.8, 4) is 11.5 Å². The zero-order valence-corrected chi connectivity index (χ0v) is 12.0. The molecular weight excluding hydrogens is 256 g/mol. The molecule has 1 aromatic rings. The van der Waals surface area contributed by atoms with Crippen LogP contribution >= 0.6 is 0 Å². The summed E-state index contributed by atoms with van der Waals surface area (Å²) in [6.07, 6.45) is 2.25. The minimum Gasteiger partial charge on any atom is -0.490 e. The Bertz CT molecular complexity index is 472. The van der Waals surface area contributed by atoms with Gasteiger partial charge in [-0.25, -0.2) is 10.8 Å². The minimum absolute atomic E-state index is 0.391. The first-order valence-corrected chi connectivity index (χ1v) is 6.97. The second-order valence-corrected chi connectivity index (χ2v) is 4.51. The third-order valence-electron chi connectivity index (χ3n) is 2.80. The van der Waals surface area contributed by atoms with Gasteiger partial charge in [0.15, 0.2) is 11.5 Å². The summed E-state index contributed by atoms with van der Waals surface area (Å²) in [4.78, 5) is 4.43. The number of hydrazine groups is 1. The maximum atomic E-state index is 5.58. The second-order valence-electron chi connectivity index (χ2n) is 4.51. The molecule has 0 aromatic heterocycles. The van der Waals surface area contributed by atoms with Crippen molar-refractivity contribution in [2.24, 2.45) is 10.8 Å². The summed E-state index contributed by atoms with van der Waals surface area (Å²) in [5.74, 6) is 7.49. The highest BCUT2D eigenvalue weighted by atomic mass is 16.5. The van der Waals surface area contributed by atoms with E-state index >= 15 is 0 Å². The fourth-order valence-electron chi connectivity index (χ4n) is 1.76. The molecule has 0 amide bonds. The Hall–Kier alpha value is -1.95. The molecule has 4 N–H and O–H groups in total. The number of nitrogens with one attached hydrogen (secondary N) is 2. The SMILES string of the molecule is CCOc1ccc(NC(=NC2CC2)NN)cc1OCC. The maximum Gasteiger partial charge on any atom is 0.210 e.